The molecule has 1 aromatic heterocycles. The van der Waals surface area contributed by atoms with E-state index in [1.807, 2.05) is 6.08 Å². The smallest absolute Gasteiger partial charge is 0.336 e. The Morgan fingerprint density at radius 3 is 2.90 bits per heavy atom. The summed E-state index contributed by atoms with van der Waals surface area (Å²) < 4.78 is 13.1. The second kappa shape index (κ2) is 5.30. The Morgan fingerprint density at radius 2 is 2.19 bits per heavy atom. The third-order valence-electron chi connectivity index (χ3n) is 3.48. The molecule has 3 rings (SSSR count). The zero-order valence-corrected chi connectivity index (χ0v) is 11.7. The molecule has 0 saturated heterocycles. The van der Waals surface area contributed by atoms with E-state index in [4.69, 9.17) is 11.6 Å². The van der Waals surface area contributed by atoms with Crippen molar-refractivity contribution in [1.29, 1.82) is 0 Å². The summed E-state index contributed by atoms with van der Waals surface area (Å²) in [7, 11) is 0. The largest absolute Gasteiger partial charge is 0.478 e. The molecule has 1 aliphatic rings. The van der Waals surface area contributed by atoms with Crippen LogP contribution in [0.4, 0.5) is 4.39 Å². The standard InChI is InChI=1S/C16H11ClFNO2/c17-13-7-9(1-2-14(13)18)5-10-6-12-11(16(20)21)3-4-19-15(12)8-10/h1-4,7-8H,5-6H2,(H,20,21). The summed E-state index contributed by atoms with van der Waals surface area (Å²) in [6.45, 7) is 0. The van der Waals surface area contributed by atoms with E-state index >= 15 is 0 Å². The Kier molecular flexibility index (Phi) is 3.47. The molecule has 0 unspecified atom stereocenters. The Bertz CT molecular complexity index is 771. The van der Waals surface area contributed by atoms with Gasteiger partial charge < -0.3 is 5.11 Å². The third kappa shape index (κ3) is 2.67. The van der Waals surface area contributed by atoms with Gasteiger partial charge in [0.25, 0.3) is 0 Å². The van der Waals surface area contributed by atoms with E-state index in [1.165, 1.54) is 18.3 Å². The van der Waals surface area contributed by atoms with Crippen LogP contribution in [0.25, 0.3) is 6.08 Å². The number of aromatic carboxylic acids is 1. The van der Waals surface area contributed by atoms with Crippen molar-refractivity contribution in [2.45, 2.75) is 12.8 Å². The molecule has 0 atom stereocenters. The molecule has 0 amide bonds. The van der Waals surface area contributed by atoms with E-state index in [9.17, 15) is 14.3 Å². The summed E-state index contributed by atoms with van der Waals surface area (Å²) >= 11 is 5.77. The maximum absolute atomic E-state index is 13.1. The van der Waals surface area contributed by atoms with Crippen LogP contribution in [0.1, 0.15) is 27.2 Å². The van der Waals surface area contributed by atoms with Crippen LogP contribution in [0.2, 0.25) is 5.02 Å². The number of carboxylic acid groups (broad SMARTS) is 1. The van der Waals surface area contributed by atoms with Crippen molar-refractivity contribution in [1.82, 2.24) is 4.98 Å². The summed E-state index contributed by atoms with van der Waals surface area (Å²) in [5, 5.41) is 9.27. The molecule has 1 heterocycles. The molecule has 0 aliphatic heterocycles. The maximum atomic E-state index is 13.1. The first-order valence-electron chi connectivity index (χ1n) is 6.39. The zero-order valence-electron chi connectivity index (χ0n) is 10.9. The summed E-state index contributed by atoms with van der Waals surface area (Å²) in [6, 6.07) is 6.11. The van der Waals surface area contributed by atoms with Gasteiger partial charge in [-0.1, -0.05) is 23.2 Å². The van der Waals surface area contributed by atoms with E-state index in [2.05, 4.69) is 4.98 Å². The van der Waals surface area contributed by atoms with E-state index in [0.717, 1.165) is 16.7 Å². The minimum Gasteiger partial charge on any atom is -0.478 e. The molecule has 0 fully saturated rings. The highest BCUT2D eigenvalue weighted by molar-refractivity contribution is 6.30. The van der Waals surface area contributed by atoms with Crippen molar-refractivity contribution in [2.24, 2.45) is 0 Å². The Balaban J connectivity index is 1.85. The van der Waals surface area contributed by atoms with Gasteiger partial charge in [-0.3, -0.25) is 4.98 Å². The lowest BCUT2D eigenvalue weighted by molar-refractivity contribution is 0.0695. The van der Waals surface area contributed by atoms with Gasteiger partial charge in [0, 0.05) is 6.20 Å². The van der Waals surface area contributed by atoms with Crippen molar-refractivity contribution in [3.8, 4) is 0 Å². The number of hydrogen-bond acceptors (Lipinski definition) is 2. The first-order chi connectivity index (χ1) is 10.0. The average molecular weight is 304 g/mol. The van der Waals surface area contributed by atoms with Crippen molar-refractivity contribution >= 4 is 23.6 Å². The fraction of sp³-hybridized carbons (Fsp3) is 0.125. The second-order valence-electron chi connectivity index (χ2n) is 4.93. The lowest BCUT2D eigenvalue weighted by atomic mass is 10.0. The molecule has 2 aromatic rings. The molecule has 1 N–H and O–H groups in total. The molecule has 5 heteroatoms. The summed E-state index contributed by atoms with van der Waals surface area (Å²) in [6.07, 6.45) is 4.52. The number of aromatic nitrogens is 1. The lowest BCUT2D eigenvalue weighted by Gasteiger charge is -2.05. The van der Waals surface area contributed by atoms with E-state index in [-0.39, 0.29) is 10.6 Å². The predicted molar refractivity (Wildman–Crippen MR) is 78.0 cm³/mol. The van der Waals surface area contributed by atoms with Gasteiger partial charge in [0.2, 0.25) is 0 Å². The predicted octanol–water partition coefficient (Wildman–Crippen LogP) is 3.75. The highest BCUT2D eigenvalue weighted by Crippen LogP contribution is 2.29. The normalized spacial score (nSPS) is 13.0. The Labute approximate surface area is 125 Å². The molecule has 0 saturated carbocycles. The molecule has 0 bridgehead atoms. The summed E-state index contributed by atoms with van der Waals surface area (Å²) in [4.78, 5) is 15.4. The van der Waals surface area contributed by atoms with Crippen LogP contribution >= 0.6 is 11.6 Å². The quantitative estimate of drug-likeness (QED) is 0.939. The number of pyridine rings is 1. The van der Waals surface area contributed by atoms with Gasteiger partial charge in [0.15, 0.2) is 0 Å². The zero-order chi connectivity index (χ0) is 15.0. The fourth-order valence-corrected chi connectivity index (χ4v) is 2.72. The molecule has 3 nitrogen and oxygen atoms in total. The van der Waals surface area contributed by atoms with Crippen LogP contribution in [0, 0.1) is 5.82 Å². The molecule has 1 aromatic carbocycles. The van der Waals surface area contributed by atoms with E-state index in [0.29, 0.717) is 18.5 Å². The van der Waals surface area contributed by atoms with Crippen LogP contribution in [0.5, 0.6) is 0 Å². The summed E-state index contributed by atoms with van der Waals surface area (Å²) in [5.41, 5.74) is 3.63. The maximum Gasteiger partial charge on any atom is 0.336 e. The number of rotatable bonds is 3. The van der Waals surface area contributed by atoms with Gasteiger partial charge >= 0.3 is 5.97 Å². The Morgan fingerprint density at radius 1 is 1.38 bits per heavy atom. The van der Waals surface area contributed by atoms with Crippen LogP contribution in [-0.4, -0.2) is 16.1 Å². The first-order valence-corrected chi connectivity index (χ1v) is 6.77. The van der Waals surface area contributed by atoms with Gasteiger partial charge in [0.05, 0.1) is 16.3 Å². The van der Waals surface area contributed by atoms with Crippen molar-refractivity contribution in [2.75, 3.05) is 0 Å². The summed E-state index contributed by atoms with van der Waals surface area (Å²) in [5.74, 6) is -1.40. The monoisotopic (exact) mass is 303 g/mol. The minimum absolute atomic E-state index is 0.0907. The van der Waals surface area contributed by atoms with E-state index in [1.54, 1.807) is 12.1 Å². The van der Waals surface area contributed by atoms with Crippen LogP contribution in [0.15, 0.2) is 36.0 Å². The average Bonchev–Trinajstić information content (AvgIpc) is 2.84. The Hall–Kier alpha value is -2.20. The molecule has 106 valence electrons. The molecular formula is C16H11ClFNO2. The molecule has 0 radical (unpaired) electrons. The van der Waals surface area contributed by atoms with Gasteiger partial charge in [-0.25, -0.2) is 9.18 Å². The van der Waals surface area contributed by atoms with Crippen LogP contribution in [-0.2, 0) is 12.8 Å². The van der Waals surface area contributed by atoms with Crippen LogP contribution < -0.4 is 0 Å². The molecule has 21 heavy (non-hydrogen) atoms. The highest BCUT2D eigenvalue weighted by Gasteiger charge is 2.20. The molecule has 1 aliphatic carbocycles. The van der Waals surface area contributed by atoms with Crippen LogP contribution in [0.3, 0.4) is 0 Å². The molecular weight excluding hydrogens is 293 g/mol. The number of carbonyl (C=O) groups is 1. The van der Waals surface area contributed by atoms with Gasteiger partial charge in [0.1, 0.15) is 5.82 Å². The lowest BCUT2D eigenvalue weighted by Crippen LogP contribution is -2.03. The number of hydrogen-bond donors (Lipinski definition) is 1. The SMILES string of the molecule is O=C(O)c1ccnc2c1CC(Cc1ccc(F)c(Cl)c1)=C2. The number of carboxylic acids is 1. The minimum atomic E-state index is -0.951. The third-order valence-corrected chi connectivity index (χ3v) is 3.77. The van der Waals surface area contributed by atoms with Gasteiger partial charge in [-0.2, -0.15) is 0 Å². The van der Waals surface area contributed by atoms with Crippen molar-refractivity contribution < 1.29 is 14.3 Å². The number of halogens is 2. The van der Waals surface area contributed by atoms with E-state index < -0.39 is 11.8 Å². The number of benzene rings is 1. The molecule has 0 spiro atoms. The number of allylic oxidation sites excluding steroid dienone is 1. The second-order valence-corrected chi connectivity index (χ2v) is 5.34. The topological polar surface area (TPSA) is 50.2 Å². The number of fused-ring (bicyclic) bond motifs is 1. The van der Waals surface area contributed by atoms with Crippen molar-refractivity contribution in [3.63, 3.8) is 0 Å². The van der Waals surface area contributed by atoms with Gasteiger partial charge in [-0.05, 0) is 48.2 Å². The highest BCUT2D eigenvalue weighted by atomic mass is 35.5. The van der Waals surface area contributed by atoms with Gasteiger partial charge in [-0.15, -0.1) is 0 Å². The van der Waals surface area contributed by atoms with Crippen molar-refractivity contribution in [3.05, 3.63) is 69.3 Å². The fourth-order valence-electron chi connectivity index (χ4n) is 2.52. The number of nitrogens with zero attached hydrogens (tertiary/aromatic N) is 1. The first kappa shape index (κ1) is 13.8.